The molecule has 0 amide bonds. The number of carboxylic acid groups (broad SMARTS) is 1. The molecule has 6 atom stereocenters. The molecule has 0 spiro atoms. The number of ether oxygens (including phenoxy) is 1. The number of hydrogen-bond acceptors (Lipinski definition) is 3. The zero-order valence-corrected chi connectivity index (χ0v) is 62.0. The van der Waals surface area contributed by atoms with Gasteiger partial charge in [0.1, 0.15) is 0 Å². The minimum Gasteiger partial charge on any atom is -0.481 e. The summed E-state index contributed by atoms with van der Waals surface area (Å²) in [6.45, 7) is 7.06. The van der Waals surface area contributed by atoms with Crippen molar-refractivity contribution in [1.82, 2.24) is 0 Å². The van der Waals surface area contributed by atoms with Crippen LogP contribution in [0.5, 0.6) is 0 Å². The number of aliphatic hydroxyl groups excluding tert-OH is 1. The third kappa shape index (κ3) is 63.2. The molecule has 2 N–H and O–H groups in total. The Morgan fingerprint density at radius 3 is 0.742 bits per heavy atom. The van der Waals surface area contributed by atoms with Crippen molar-refractivity contribution in [2.24, 2.45) is 23.7 Å². The van der Waals surface area contributed by atoms with Gasteiger partial charge in [-0.25, -0.2) is 0 Å². The summed E-state index contributed by atoms with van der Waals surface area (Å²) in [6.07, 6.45) is 102. The lowest BCUT2D eigenvalue weighted by molar-refractivity contribution is -0.146. The highest BCUT2D eigenvalue weighted by atomic mass is 16.5. The average Bonchev–Trinajstić information content (AvgIpc) is 4.32. The van der Waals surface area contributed by atoms with Gasteiger partial charge in [-0.3, -0.25) is 4.79 Å². The van der Waals surface area contributed by atoms with Gasteiger partial charge in [-0.05, 0) is 49.9 Å². The van der Waals surface area contributed by atoms with Crippen molar-refractivity contribution in [3.05, 3.63) is 0 Å². The van der Waals surface area contributed by atoms with Gasteiger partial charge in [0, 0.05) is 7.11 Å². The number of aliphatic hydroxyl groups is 1. The van der Waals surface area contributed by atoms with Crippen molar-refractivity contribution in [2.45, 2.75) is 508 Å². The molecule has 0 aromatic rings. The quantitative estimate of drug-likeness (QED) is 0.0596. The van der Waals surface area contributed by atoms with E-state index in [4.69, 9.17) is 4.74 Å². The van der Waals surface area contributed by atoms with Crippen LogP contribution in [0.25, 0.3) is 0 Å². The SMILES string of the molecule is CCCCCCCCCCCCCCCCCCCCCCCC[C@@H](C(=O)O)[C@H](O)CCCCCCCCCCCCCCCCC[C@H]1CC1CCCCCCCCCCCCCCCC[C@H](OC)[C@@H](C)CCCCCCCCCCCCCCCCCC. The van der Waals surface area contributed by atoms with Crippen molar-refractivity contribution in [3.63, 3.8) is 0 Å². The van der Waals surface area contributed by atoms with Crippen molar-refractivity contribution in [2.75, 3.05) is 7.11 Å². The van der Waals surface area contributed by atoms with Gasteiger partial charge >= 0.3 is 5.97 Å². The van der Waals surface area contributed by atoms with Gasteiger partial charge in [0.2, 0.25) is 0 Å². The molecule has 1 rings (SSSR count). The van der Waals surface area contributed by atoms with Crippen LogP contribution in [0.15, 0.2) is 0 Å². The Morgan fingerprint density at radius 2 is 0.506 bits per heavy atom. The molecule has 1 saturated carbocycles. The first-order valence-corrected chi connectivity index (χ1v) is 42.4. The fourth-order valence-corrected chi connectivity index (χ4v) is 15.4. The smallest absolute Gasteiger partial charge is 0.309 e. The van der Waals surface area contributed by atoms with Crippen LogP contribution in [0.4, 0.5) is 0 Å². The van der Waals surface area contributed by atoms with Crippen LogP contribution in [-0.2, 0) is 9.53 Å². The zero-order chi connectivity index (χ0) is 64.1. The number of rotatable bonds is 79. The molecular weight excluding hydrogens is 1080 g/mol. The molecule has 0 heterocycles. The van der Waals surface area contributed by atoms with Crippen molar-refractivity contribution < 1.29 is 19.7 Å². The minimum absolute atomic E-state index is 0.470. The number of methoxy groups -OCH3 is 1. The van der Waals surface area contributed by atoms with Crippen LogP contribution in [0.3, 0.4) is 0 Å². The molecule has 0 saturated heterocycles. The highest BCUT2D eigenvalue weighted by molar-refractivity contribution is 5.70. The van der Waals surface area contributed by atoms with Crippen molar-refractivity contribution >= 4 is 5.97 Å². The van der Waals surface area contributed by atoms with Gasteiger partial charge in [-0.1, -0.05) is 464 Å². The van der Waals surface area contributed by atoms with Gasteiger partial charge in [0.25, 0.3) is 0 Å². The Hall–Kier alpha value is -0.610. The molecule has 1 fully saturated rings. The molecule has 0 bridgehead atoms. The Labute approximate surface area is 561 Å². The lowest BCUT2D eigenvalue weighted by Gasteiger charge is -2.22. The molecule has 1 unspecified atom stereocenters. The van der Waals surface area contributed by atoms with Crippen LogP contribution in [-0.4, -0.2) is 35.5 Å². The van der Waals surface area contributed by atoms with Gasteiger partial charge in [-0.15, -0.1) is 0 Å². The topological polar surface area (TPSA) is 66.8 Å². The van der Waals surface area contributed by atoms with Crippen molar-refractivity contribution in [1.29, 1.82) is 0 Å². The highest BCUT2D eigenvalue weighted by Gasteiger charge is 2.35. The maximum atomic E-state index is 12.0. The van der Waals surface area contributed by atoms with E-state index >= 15 is 0 Å². The lowest BCUT2D eigenvalue weighted by atomic mass is 9.91. The second-order valence-electron chi connectivity index (χ2n) is 30.7. The van der Waals surface area contributed by atoms with Gasteiger partial charge in [0.05, 0.1) is 18.1 Å². The fraction of sp³-hybridized carbons (Fsp3) is 0.988. The molecule has 1 aliphatic carbocycles. The minimum atomic E-state index is -0.798. The Morgan fingerprint density at radius 1 is 0.303 bits per heavy atom. The van der Waals surface area contributed by atoms with Crippen LogP contribution >= 0.6 is 0 Å². The first-order chi connectivity index (χ1) is 43.9. The lowest BCUT2D eigenvalue weighted by Crippen LogP contribution is -2.28. The summed E-state index contributed by atoms with van der Waals surface area (Å²) in [5, 5.41) is 20.6. The maximum Gasteiger partial charge on any atom is 0.309 e. The summed E-state index contributed by atoms with van der Waals surface area (Å²) in [4.78, 5) is 12.0. The number of unbranched alkanes of at least 4 members (excludes halogenated alkanes) is 63. The monoisotopic (exact) mass is 1250 g/mol. The van der Waals surface area contributed by atoms with E-state index in [1.54, 1.807) is 6.42 Å². The number of carbonyl (C=O) groups is 1. The van der Waals surface area contributed by atoms with E-state index in [-0.39, 0.29) is 0 Å². The first kappa shape index (κ1) is 86.4. The van der Waals surface area contributed by atoms with E-state index < -0.39 is 18.0 Å². The van der Waals surface area contributed by atoms with Gasteiger partial charge < -0.3 is 14.9 Å². The summed E-state index contributed by atoms with van der Waals surface area (Å²) in [5.41, 5.74) is 0. The molecule has 0 radical (unpaired) electrons. The Kier molecular flexibility index (Phi) is 69.6. The number of hydrogen-bond donors (Lipinski definition) is 2. The third-order valence-electron chi connectivity index (χ3n) is 22.1. The van der Waals surface area contributed by atoms with E-state index in [9.17, 15) is 15.0 Å². The molecule has 0 aromatic heterocycles. The Bertz CT molecular complexity index is 1330. The van der Waals surface area contributed by atoms with Crippen LogP contribution in [0.1, 0.15) is 496 Å². The van der Waals surface area contributed by atoms with Crippen LogP contribution in [0, 0.1) is 23.7 Å². The van der Waals surface area contributed by atoms with E-state index in [1.165, 1.54) is 430 Å². The van der Waals surface area contributed by atoms with Crippen LogP contribution in [0.2, 0.25) is 0 Å². The molecule has 1 aliphatic rings. The van der Waals surface area contributed by atoms with E-state index in [2.05, 4.69) is 20.8 Å². The van der Waals surface area contributed by atoms with E-state index in [0.29, 0.717) is 24.9 Å². The van der Waals surface area contributed by atoms with E-state index in [1.807, 2.05) is 7.11 Å². The third-order valence-corrected chi connectivity index (χ3v) is 22.1. The highest BCUT2D eigenvalue weighted by Crippen LogP contribution is 2.46. The van der Waals surface area contributed by atoms with E-state index in [0.717, 1.165) is 37.5 Å². The predicted molar refractivity (Wildman–Crippen MR) is 397 cm³/mol. The van der Waals surface area contributed by atoms with Crippen LogP contribution < -0.4 is 0 Å². The maximum absolute atomic E-state index is 12.0. The number of aliphatic carboxylic acids is 1. The Balaban J connectivity index is 1.76. The molecule has 4 nitrogen and oxygen atoms in total. The second kappa shape index (κ2) is 71.7. The summed E-state index contributed by atoms with van der Waals surface area (Å²) in [5.74, 6) is 1.50. The zero-order valence-electron chi connectivity index (χ0n) is 62.0. The fourth-order valence-electron chi connectivity index (χ4n) is 15.4. The number of carboxylic acids is 1. The molecule has 0 aliphatic heterocycles. The normalized spacial score (nSPS) is 15.5. The van der Waals surface area contributed by atoms with Gasteiger partial charge in [0.15, 0.2) is 0 Å². The van der Waals surface area contributed by atoms with Gasteiger partial charge in [-0.2, -0.15) is 0 Å². The first-order valence-electron chi connectivity index (χ1n) is 42.4. The second-order valence-corrected chi connectivity index (χ2v) is 30.7. The molecule has 89 heavy (non-hydrogen) atoms. The molecule has 0 aromatic carbocycles. The average molecular weight is 1250 g/mol. The van der Waals surface area contributed by atoms with Crippen molar-refractivity contribution in [3.8, 4) is 0 Å². The molecular formula is C85H168O4. The summed E-state index contributed by atoms with van der Waals surface area (Å²) >= 11 is 0. The summed E-state index contributed by atoms with van der Waals surface area (Å²) in [6, 6.07) is 0. The molecule has 4 heteroatoms. The standard InChI is InChI=1S/C85H168O4/c1-5-7-9-11-13-15-17-19-21-23-24-25-26-27-28-32-39-45-51-57-63-69-75-82(85(87)88)83(86)76-70-64-58-52-46-40-33-29-31-37-43-49-55-61-67-73-80-78-81(80)74-68-62-56-50-44-38-34-35-41-47-53-59-65-71-77-84(89-4)79(3)72-66-60-54-48-42-36-30-22-20-18-16-14-12-10-8-6-2/h79-84,86H,5-78H2,1-4H3,(H,87,88)/t79-,80-,81?,82+,83+,84-/m0/s1. The summed E-state index contributed by atoms with van der Waals surface area (Å²) in [7, 11) is 1.96. The molecule has 532 valence electrons. The summed E-state index contributed by atoms with van der Waals surface area (Å²) < 4.78 is 5.98. The predicted octanol–water partition coefficient (Wildman–Crippen LogP) is 29.9. The largest absolute Gasteiger partial charge is 0.481 e.